The Bertz CT molecular complexity index is 529. The molecule has 2 aromatic rings. The Labute approximate surface area is 86.7 Å². The lowest BCUT2D eigenvalue weighted by Gasteiger charge is -2.04. The Balaban J connectivity index is 2.71. The van der Waals surface area contributed by atoms with Crippen molar-refractivity contribution in [3.8, 4) is 0 Å². The maximum atomic E-state index is 10.9. The lowest BCUT2D eigenvalue weighted by molar-refractivity contribution is -0.118. The van der Waals surface area contributed by atoms with E-state index in [0.717, 1.165) is 16.6 Å². The number of imidazole rings is 1. The molecule has 0 aliphatic carbocycles. The number of aryl methyl sites for hydroxylation is 1. The van der Waals surface area contributed by atoms with Gasteiger partial charge in [0.25, 0.3) is 0 Å². The van der Waals surface area contributed by atoms with Crippen LogP contribution in [0.15, 0.2) is 18.2 Å². The summed E-state index contributed by atoms with van der Waals surface area (Å²) in [5, 5.41) is 0. The number of rotatable bonds is 2. The number of hydrogen-bond acceptors (Lipinski definition) is 3. The van der Waals surface area contributed by atoms with E-state index < -0.39 is 5.91 Å². The van der Waals surface area contributed by atoms with Gasteiger partial charge in [-0.05, 0) is 18.6 Å². The molecule has 5 heteroatoms. The van der Waals surface area contributed by atoms with Gasteiger partial charge in [0, 0.05) is 0 Å². The maximum Gasteiger partial charge on any atom is 0.237 e. The molecule has 0 saturated carbocycles. The molecule has 0 unspecified atom stereocenters. The average Bonchev–Trinajstić information content (AvgIpc) is 2.43. The summed E-state index contributed by atoms with van der Waals surface area (Å²) in [7, 11) is 0. The molecule has 4 N–H and O–H groups in total. The van der Waals surface area contributed by atoms with Gasteiger partial charge in [-0.15, -0.1) is 0 Å². The van der Waals surface area contributed by atoms with Crippen LogP contribution in [0, 0.1) is 6.92 Å². The van der Waals surface area contributed by atoms with Crippen molar-refractivity contribution in [2.75, 3.05) is 5.73 Å². The molecular formula is C10H12N4O. The fourth-order valence-electron chi connectivity index (χ4n) is 1.70. The summed E-state index contributed by atoms with van der Waals surface area (Å²) < 4.78 is 1.63. The highest BCUT2D eigenvalue weighted by Gasteiger charge is 2.11. The number of primary amides is 1. The number of benzene rings is 1. The van der Waals surface area contributed by atoms with Gasteiger partial charge in [0.15, 0.2) is 0 Å². The van der Waals surface area contributed by atoms with Crippen LogP contribution in [-0.2, 0) is 11.3 Å². The fraction of sp³-hybridized carbons (Fsp3) is 0.200. The topological polar surface area (TPSA) is 86.9 Å². The number of fused-ring (bicyclic) bond motifs is 1. The second-order valence-corrected chi connectivity index (χ2v) is 3.47. The fourth-order valence-corrected chi connectivity index (χ4v) is 1.70. The molecule has 2 rings (SSSR count). The molecule has 0 aliphatic heterocycles. The summed E-state index contributed by atoms with van der Waals surface area (Å²) in [5.41, 5.74) is 13.5. The van der Waals surface area contributed by atoms with Gasteiger partial charge in [0.1, 0.15) is 6.54 Å². The van der Waals surface area contributed by atoms with Crippen LogP contribution in [-0.4, -0.2) is 15.5 Å². The highest BCUT2D eigenvalue weighted by Crippen LogP contribution is 2.20. The molecule has 1 heterocycles. The third-order valence-corrected chi connectivity index (χ3v) is 2.31. The second-order valence-electron chi connectivity index (χ2n) is 3.47. The highest BCUT2D eigenvalue weighted by molar-refractivity contribution is 5.84. The van der Waals surface area contributed by atoms with Crippen LogP contribution in [0.4, 0.5) is 5.95 Å². The zero-order chi connectivity index (χ0) is 11.0. The lowest BCUT2D eigenvalue weighted by atomic mass is 10.2. The van der Waals surface area contributed by atoms with Gasteiger partial charge in [-0.25, -0.2) is 4.98 Å². The minimum atomic E-state index is -0.427. The normalized spacial score (nSPS) is 10.7. The van der Waals surface area contributed by atoms with E-state index in [9.17, 15) is 4.79 Å². The SMILES string of the molecule is Cc1cccc2nc(N)n(CC(N)=O)c12. The van der Waals surface area contributed by atoms with Gasteiger partial charge in [-0.3, -0.25) is 4.79 Å². The predicted octanol–water partition coefficient (Wildman–Crippen LogP) is 0.412. The number of carbonyl (C=O) groups is 1. The van der Waals surface area contributed by atoms with Crippen LogP contribution in [0.3, 0.4) is 0 Å². The van der Waals surface area contributed by atoms with E-state index >= 15 is 0 Å². The van der Waals surface area contributed by atoms with Gasteiger partial charge >= 0.3 is 0 Å². The summed E-state index contributed by atoms with van der Waals surface area (Å²) in [5.74, 6) is -0.109. The molecule has 0 aliphatic rings. The molecule has 0 atom stereocenters. The second kappa shape index (κ2) is 3.27. The van der Waals surface area contributed by atoms with Gasteiger partial charge < -0.3 is 16.0 Å². The van der Waals surface area contributed by atoms with E-state index in [4.69, 9.17) is 11.5 Å². The summed E-state index contributed by atoms with van der Waals surface area (Å²) >= 11 is 0. The Kier molecular flexibility index (Phi) is 2.07. The van der Waals surface area contributed by atoms with Crippen LogP contribution >= 0.6 is 0 Å². The van der Waals surface area contributed by atoms with Crippen molar-refractivity contribution in [1.82, 2.24) is 9.55 Å². The van der Waals surface area contributed by atoms with Gasteiger partial charge in [0.05, 0.1) is 11.0 Å². The number of amides is 1. The first-order valence-electron chi connectivity index (χ1n) is 4.59. The smallest absolute Gasteiger partial charge is 0.237 e. The Morgan fingerprint density at radius 3 is 2.93 bits per heavy atom. The number of anilines is 1. The summed E-state index contributed by atoms with van der Waals surface area (Å²) in [6, 6.07) is 5.70. The van der Waals surface area contributed by atoms with Crippen molar-refractivity contribution in [3.05, 3.63) is 23.8 Å². The maximum absolute atomic E-state index is 10.9. The van der Waals surface area contributed by atoms with Crippen LogP contribution in [0.1, 0.15) is 5.56 Å². The predicted molar refractivity (Wildman–Crippen MR) is 58.1 cm³/mol. The zero-order valence-electron chi connectivity index (χ0n) is 8.40. The van der Waals surface area contributed by atoms with E-state index in [0.29, 0.717) is 5.95 Å². The number of para-hydroxylation sites is 1. The molecule has 1 aromatic heterocycles. The van der Waals surface area contributed by atoms with E-state index in [1.54, 1.807) is 4.57 Å². The first-order chi connectivity index (χ1) is 7.09. The lowest BCUT2D eigenvalue weighted by Crippen LogP contribution is -2.19. The van der Waals surface area contributed by atoms with Crippen molar-refractivity contribution in [1.29, 1.82) is 0 Å². The molecule has 0 saturated heterocycles. The molecule has 0 bridgehead atoms. The molecule has 1 aromatic carbocycles. The van der Waals surface area contributed by atoms with Crippen molar-refractivity contribution in [2.45, 2.75) is 13.5 Å². The number of carbonyl (C=O) groups excluding carboxylic acids is 1. The average molecular weight is 204 g/mol. The van der Waals surface area contributed by atoms with Crippen LogP contribution in [0.5, 0.6) is 0 Å². The largest absolute Gasteiger partial charge is 0.369 e. The first-order valence-corrected chi connectivity index (χ1v) is 4.59. The zero-order valence-corrected chi connectivity index (χ0v) is 8.40. The molecule has 78 valence electrons. The summed E-state index contributed by atoms with van der Waals surface area (Å²) in [4.78, 5) is 15.1. The third kappa shape index (κ3) is 1.52. The number of nitrogen functional groups attached to an aromatic ring is 1. The number of nitrogens with zero attached hydrogens (tertiary/aromatic N) is 2. The van der Waals surface area contributed by atoms with E-state index in [-0.39, 0.29) is 6.54 Å². The minimum Gasteiger partial charge on any atom is -0.369 e. The van der Waals surface area contributed by atoms with E-state index in [1.807, 2.05) is 25.1 Å². The summed E-state index contributed by atoms with van der Waals surface area (Å²) in [6.07, 6.45) is 0. The highest BCUT2D eigenvalue weighted by atomic mass is 16.1. The van der Waals surface area contributed by atoms with E-state index in [1.165, 1.54) is 0 Å². The summed E-state index contributed by atoms with van der Waals surface area (Å²) in [6.45, 7) is 2.01. The van der Waals surface area contributed by atoms with Crippen molar-refractivity contribution in [3.63, 3.8) is 0 Å². The number of hydrogen-bond donors (Lipinski definition) is 2. The molecule has 0 radical (unpaired) electrons. The van der Waals surface area contributed by atoms with Crippen LogP contribution < -0.4 is 11.5 Å². The Hall–Kier alpha value is -2.04. The molecule has 15 heavy (non-hydrogen) atoms. The van der Waals surface area contributed by atoms with Crippen molar-refractivity contribution in [2.24, 2.45) is 5.73 Å². The molecule has 1 amide bonds. The standard InChI is InChI=1S/C10H12N4O/c1-6-3-2-4-7-9(6)14(5-8(11)15)10(12)13-7/h2-4H,5H2,1H3,(H2,11,15)(H2,12,13). The Morgan fingerprint density at radius 1 is 1.53 bits per heavy atom. The van der Waals surface area contributed by atoms with Gasteiger partial charge in [0.2, 0.25) is 11.9 Å². The Morgan fingerprint density at radius 2 is 2.27 bits per heavy atom. The van der Waals surface area contributed by atoms with Crippen molar-refractivity contribution < 1.29 is 4.79 Å². The van der Waals surface area contributed by atoms with Gasteiger partial charge in [-0.2, -0.15) is 0 Å². The van der Waals surface area contributed by atoms with Crippen LogP contribution in [0.25, 0.3) is 11.0 Å². The molecule has 0 fully saturated rings. The first kappa shape index (κ1) is 9.51. The molecule has 5 nitrogen and oxygen atoms in total. The monoisotopic (exact) mass is 204 g/mol. The third-order valence-electron chi connectivity index (χ3n) is 2.31. The van der Waals surface area contributed by atoms with Crippen LogP contribution in [0.2, 0.25) is 0 Å². The molecule has 0 spiro atoms. The minimum absolute atomic E-state index is 0.0627. The van der Waals surface area contributed by atoms with Crippen molar-refractivity contribution >= 4 is 22.9 Å². The van der Waals surface area contributed by atoms with E-state index in [2.05, 4.69) is 4.98 Å². The quantitative estimate of drug-likeness (QED) is 0.742. The van der Waals surface area contributed by atoms with Gasteiger partial charge in [-0.1, -0.05) is 12.1 Å². The number of nitrogens with two attached hydrogens (primary N) is 2. The number of aromatic nitrogens is 2. The molecular weight excluding hydrogens is 192 g/mol.